The van der Waals surface area contributed by atoms with Crippen molar-refractivity contribution in [1.29, 1.82) is 0 Å². The van der Waals surface area contributed by atoms with E-state index in [1.54, 1.807) is 38.1 Å². The summed E-state index contributed by atoms with van der Waals surface area (Å²) in [5.41, 5.74) is 0.721. The molecule has 1 fully saturated rings. The second kappa shape index (κ2) is 12.0. The Balaban J connectivity index is 1.61. The molecule has 3 N–H and O–H groups in total. The van der Waals surface area contributed by atoms with Crippen LogP contribution in [0.2, 0.25) is 0 Å². The van der Waals surface area contributed by atoms with Gasteiger partial charge in [-0.05, 0) is 51.3 Å². The third-order valence-electron chi connectivity index (χ3n) is 5.67. The van der Waals surface area contributed by atoms with Crippen LogP contribution in [0.15, 0.2) is 47.1 Å². The van der Waals surface area contributed by atoms with Gasteiger partial charge >= 0.3 is 5.97 Å². The third-order valence-corrected chi connectivity index (χ3v) is 5.67. The zero-order valence-electron chi connectivity index (χ0n) is 19.9. The summed E-state index contributed by atoms with van der Waals surface area (Å²) in [7, 11) is 0. The molecule has 188 valence electrons. The number of carboxylic acids is 1. The van der Waals surface area contributed by atoms with Crippen LogP contribution in [0.4, 0.5) is 0 Å². The summed E-state index contributed by atoms with van der Waals surface area (Å²) in [6.45, 7) is 4.02. The van der Waals surface area contributed by atoms with Crippen molar-refractivity contribution in [2.45, 2.75) is 64.2 Å². The molecule has 1 saturated heterocycles. The lowest BCUT2D eigenvalue weighted by Crippen LogP contribution is -2.65. The van der Waals surface area contributed by atoms with E-state index in [1.165, 1.54) is 11.2 Å². The highest BCUT2D eigenvalue weighted by Gasteiger charge is 2.46. The number of rotatable bonds is 12. The lowest BCUT2D eigenvalue weighted by atomic mass is 10.0. The van der Waals surface area contributed by atoms with E-state index >= 15 is 0 Å². The molecule has 0 spiro atoms. The summed E-state index contributed by atoms with van der Waals surface area (Å²) in [5, 5.41) is 14.1. The number of ether oxygens (including phenoxy) is 1. The number of carboxylic acid groups (broad SMARTS) is 1. The van der Waals surface area contributed by atoms with Gasteiger partial charge in [-0.3, -0.25) is 19.2 Å². The molecule has 10 nitrogen and oxygen atoms in total. The van der Waals surface area contributed by atoms with Crippen molar-refractivity contribution < 1.29 is 33.4 Å². The maximum absolute atomic E-state index is 13.1. The molecule has 1 aromatic heterocycles. The molecule has 3 amide bonds. The van der Waals surface area contributed by atoms with Crippen LogP contribution in [0.1, 0.15) is 56.9 Å². The van der Waals surface area contributed by atoms with Crippen molar-refractivity contribution in [2.24, 2.45) is 0 Å². The predicted molar refractivity (Wildman–Crippen MR) is 125 cm³/mol. The second-order valence-corrected chi connectivity index (χ2v) is 8.58. The molecule has 3 rings (SSSR count). The zero-order valence-corrected chi connectivity index (χ0v) is 19.9. The van der Waals surface area contributed by atoms with Gasteiger partial charge in [0.2, 0.25) is 0 Å². The van der Waals surface area contributed by atoms with Gasteiger partial charge in [0, 0.05) is 24.6 Å². The average molecular weight is 486 g/mol. The molecular formula is C25H31N3O7. The monoisotopic (exact) mass is 485 g/mol. The number of carbonyl (C=O) groups excluding carboxylic acids is 3. The zero-order chi connectivity index (χ0) is 25.4. The quantitative estimate of drug-likeness (QED) is 0.310. The van der Waals surface area contributed by atoms with Crippen LogP contribution in [0, 0.1) is 0 Å². The van der Waals surface area contributed by atoms with Gasteiger partial charge in [-0.15, -0.1) is 0 Å². The van der Waals surface area contributed by atoms with E-state index in [-0.39, 0.29) is 13.0 Å². The molecule has 2 atom stereocenters. The van der Waals surface area contributed by atoms with Crippen molar-refractivity contribution in [1.82, 2.24) is 15.5 Å². The van der Waals surface area contributed by atoms with E-state index in [1.807, 2.05) is 12.1 Å². The summed E-state index contributed by atoms with van der Waals surface area (Å²) in [5.74, 6) is -1.50. The number of aliphatic carboxylic acids is 1. The van der Waals surface area contributed by atoms with Crippen molar-refractivity contribution >= 4 is 23.7 Å². The fourth-order valence-corrected chi connectivity index (χ4v) is 3.94. The number of furan rings is 1. The maximum Gasteiger partial charge on any atom is 0.303 e. The summed E-state index contributed by atoms with van der Waals surface area (Å²) < 4.78 is 11.1. The number of hydrogen-bond acceptors (Lipinski definition) is 6. The second-order valence-electron chi connectivity index (χ2n) is 8.58. The van der Waals surface area contributed by atoms with Gasteiger partial charge in [0.15, 0.2) is 12.1 Å². The van der Waals surface area contributed by atoms with Crippen molar-refractivity contribution in [2.75, 3.05) is 6.61 Å². The molecule has 1 aliphatic rings. The molecule has 1 aromatic carbocycles. The molecular weight excluding hydrogens is 454 g/mol. The highest BCUT2D eigenvalue weighted by Crippen LogP contribution is 2.25. The van der Waals surface area contributed by atoms with Gasteiger partial charge in [0.25, 0.3) is 17.7 Å². The first-order chi connectivity index (χ1) is 16.8. The van der Waals surface area contributed by atoms with E-state index in [0.29, 0.717) is 31.0 Å². The molecule has 0 aliphatic carbocycles. The molecule has 2 aromatic rings. The number of unbranched alkanes of at least 4 members (excludes halogenated alkanes) is 2. The van der Waals surface area contributed by atoms with Crippen molar-refractivity contribution in [3.63, 3.8) is 0 Å². The maximum atomic E-state index is 13.1. The van der Waals surface area contributed by atoms with Crippen molar-refractivity contribution in [3.05, 3.63) is 54.0 Å². The first-order valence-electron chi connectivity index (χ1n) is 11.7. The van der Waals surface area contributed by atoms with E-state index < -0.39 is 41.8 Å². The number of piperazine rings is 1. The molecule has 10 heteroatoms. The number of nitrogens with zero attached hydrogens (tertiary/aromatic N) is 1. The minimum Gasteiger partial charge on any atom is -0.493 e. The van der Waals surface area contributed by atoms with Gasteiger partial charge in [-0.2, -0.15) is 0 Å². The molecule has 1 aliphatic heterocycles. The molecule has 0 saturated carbocycles. The van der Waals surface area contributed by atoms with Crippen LogP contribution in [0.3, 0.4) is 0 Å². The van der Waals surface area contributed by atoms with E-state index in [9.17, 15) is 19.2 Å². The normalized spacial score (nSPS) is 17.9. The summed E-state index contributed by atoms with van der Waals surface area (Å²) in [4.78, 5) is 50.9. The van der Waals surface area contributed by atoms with Gasteiger partial charge in [0.1, 0.15) is 11.5 Å². The fourth-order valence-electron chi connectivity index (χ4n) is 3.94. The summed E-state index contributed by atoms with van der Waals surface area (Å²) in [6.07, 6.45) is 3.59. The van der Waals surface area contributed by atoms with Crippen LogP contribution >= 0.6 is 0 Å². The lowest BCUT2D eigenvalue weighted by molar-refractivity contribution is -0.157. The SMILES string of the molecule is CC(C)N1C(=O)C(c2ccco2)NC(=O)C1C(=O)NCc1ccccc1OCCCCCC(=O)O. The minimum atomic E-state index is -1.31. The first-order valence-corrected chi connectivity index (χ1v) is 11.7. The average Bonchev–Trinajstić information content (AvgIpc) is 3.35. The first kappa shape index (κ1) is 25.8. The summed E-state index contributed by atoms with van der Waals surface area (Å²) >= 11 is 0. The van der Waals surface area contributed by atoms with Gasteiger partial charge in [0.05, 0.1) is 12.9 Å². The van der Waals surface area contributed by atoms with Crippen LogP contribution in [-0.4, -0.2) is 52.4 Å². The predicted octanol–water partition coefficient (Wildman–Crippen LogP) is 2.40. The number of amides is 3. The number of carbonyl (C=O) groups is 4. The van der Waals surface area contributed by atoms with Crippen LogP contribution in [0.25, 0.3) is 0 Å². The van der Waals surface area contributed by atoms with E-state index in [0.717, 1.165) is 12.0 Å². The Labute approximate surface area is 203 Å². The Hall–Kier alpha value is -3.82. The highest BCUT2D eigenvalue weighted by molar-refractivity contribution is 6.10. The van der Waals surface area contributed by atoms with E-state index in [4.69, 9.17) is 14.3 Å². The smallest absolute Gasteiger partial charge is 0.303 e. The Bertz CT molecular complexity index is 1040. The highest BCUT2D eigenvalue weighted by atomic mass is 16.5. The Morgan fingerprint density at radius 2 is 1.91 bits per heavy atom. The van der Waals surface area contributed by atoms with Gasteiger partial charge in [-0.25, -0.2) is 0 Å². The Morgan fingerprint density at radius 3 is 2.60 bits per heavy atom. The topological polar surface area (TPSA) is 138 Å². The lowest BCUT2D eigenvalue weighted by Gasteiger charge is -2.39. The Kier molecular flexibility index (Phi) is 8.88. The number of hydrogen-bond donors (Lipinski definition) is 3. The molecule has 0 bridgehead atoms. The third kappa shape index (κ3) is 6.62. The van der Waals surface area contributed by atoms with Crippen molar-refractivity contribution in [3.8, 4) is 5.75 Å². The molecule has 2 heterocycles. The van der Waals surface area contributed by atoms with Gasteiger partial charge < -0.3 is 29.8 Å². The molecule has 35 heavy (non-hydrogen) atoms. The number of nitrogens with one attached hydrogen (secondary N) is 2. The van der Waals surface area contributed by atoms with Crippen LogP contribution in [0.5, 0.6) is 5.75 Å². The Morgan fingerprint density at radius 1 is 1.14 bits per heavy atom. The standard InChI is InChI=1S/C25H31N3O7/c1-16(2)28-22(24(32)27-21(25(28)33)19-11-8-14-35-19)23(31)26-15-17-9-5-6-10-18(17)34-13-7-3-4-12-20(29)30/h5-6,8-11,14,16,21-22H,3-4,7,12-13,15H2,1-2H3,(H,26,31)(H,27,32)(H,29,30). The van der Waals surface area contributed by atoms with Crippen LogP contribution < -0.4 is 15.4 Å². The number of benzene rings is 1. The molecule has 0 radical (unpaired) electrons. The largest absolute Gasteiger partial charge is 0.493 e. The fraction of sp³-hybridized carbons (Fsp3) is 0.440. The summed E-state index contributed by atoms with van der Waals surface area (Å²) in [6, 6.07) is 7.76. The molecule has 2 unspecified atom stereocenters. The minimum absolute atomic E-state index is 0.111. The van der Waals surface area contributed by atoms with Gasteiger partial charge in [-0.1, -0.05) is 18.2 Å². The van der Waals surface area contributed by atoms with Crippen LogP contribution in [-0.2, 0) is 25.7 Å². The number of para-hydroxylation sites is 1. The van der Waals surface area contributed by atoms with E-state index in [2.05, 4.69) is 10.6 Å².